The van der Waals surface area contributed by atoms with Crippen LogP contribution in [0.5, 0.6) is 0 Å². The first-order valence-electron chi connectivity index (χ1n) is 5.86. The van der Waals surface area contributed by atoms with Crippen LogP contribution in [0.1, 0.15) is 50.0 Å². The molecule has 16 heavy (non-hydrogen) atoms. The van der Waals surface area contributed by atoms with Gasteiger partial charge in [0.25, 0.3) is 0 Å². The molecule has 0 radical (unpaired) electrons. The van der Waals surface area contributed by atoms with E-state index in [0.29, 0.717) is 0 Å². The van der Waals surface area contributed by atoms with Crippen LogP contribution < -0.4 is 5.32 Å². The molecule has 1 aromatic heterocycles. The van der Waals surface area contributed by atoms with E-state index >= 15 is 0 Å². The third-order valence-electron chi connectivity index (χ3n) is 2.87. The van der Waals surface area contributed by atoms with Crippen molar-refractivity contribution in [2.75, 3.05) is 0 Å². The Balaban J connectivity index is 2.15. The van der Waals surface area contributed by atoms with Crippen LogP contribution in [0.15, 0.2) is 11.4 Å². The van der Waals surface area contributed by atoms with E-state index in [1.807, 2.05) is 20.8 Å². The molecule has 1 heterocycles. The maximum atomic E-state index is 12.2. The number of hydrogen-bond acceptors (Lipinski definition) is 2. The SMILES string of the molecule is CC(C)(C)NC(=O)C1CCCc2sccc21. The molecular weight excluding hydrogens is 218 g/mol. The van der Waals surface area contributed by atoms with E-state index in [1.165, 1.54) is 10.4 Å². The van der Waals surface area contributed by atoms with Crippen molar-refractivity contribution in [1.29, 1.82) is 0 Å². The summed E-state index contributed by atoms with van der Waals surface area (Å²) in [6.45, 7) is 6.09. The van der Waals surface area contributed by atoms with E-state index in [-0.39, 0.29) is 17.4 Å². The normalized spacial score (nSPS) is 20.3. The number of fused-ring (bicyclic) bond motifs is 1. The van der Waals surface area contributed by atoms with Gasteiger partial charge in [0, 0.05) is 10.4 Å². The first-order chi connectivity index (χ1) is 7.47. The first-order valence-corrected chi connectivity index (χ1v) is 6.73. The minimum Gasteiger partial charge on any atom is -0.351 e. The minimum atomic E-state index is -0.134. The van der Waals surface area contributed by atoms with E-state index in [1.54, 1.807) is 11.3 Å². The molecule has 1 unspecified atom stereocenters. The number of thiophene rings is 1. The molecule has 0 aliphatic heterocycles. The molecule has 88 valence electrons. The van der Waals surface area contributed by atoms with Crippen molar-refractivity contribution in [3.63, 3.8) is 0 Å². The molecule has 0 bridgehead atoms. The van der Waals surface area contributed by atoms with Gasteiger partial charge in [-0.3, -0.25) is 4.79 Å². The highest BCUT2D eigenvalue weighted by Gasteiger charge is 2.29. The van der Waals surface area contributed by atoms with Gasteiger partial charge in [0.1, 0.15) is 0 Å². The largest absolute Gasteiger partial charge is 0.351 e. The first kappa shape index (κ1) is 11.6. The third kappa shape index (κ3) is 2.46. The molecular formula is C13H19NOS. The summed E-state index contributed by atoms with van der Waals surface area (Å²) in [4.78, 5) is 13.6. The third-order valence-corrected chi connectivity index (χ3v) is 3.86. The fraction of sp³-hybridized carbons (Fsp3) is 0.615. The van der Waals surface area contributed by atoms with Crippen molar-refractivity contribution < 1.29 is 4.79 Å². The number of carbonyl (C=O) groups is 1. The predicted molar refractivity (Wildman–Crippen MR) is 67.9 cm³/mol. The number of aryl methyl sites for hydroxylation is 1. The van der Waals surface area contributed by atoms with Gasteiger partial charge in [-0.1, -0.05) is 0 Å². The zero-order chi connectivity index (χ0) is 11.8. The molecule has 2 nitrogen and oxygen atoms in total. The van der Waals surface area contributed by atoms with Gasteiger partial charge < -0.3 is 5.32 Å². The van der Waals surface area contributed by atoms with Gasteiger partial charge in [0.2, 0.25) is 5.91 Å². The van der Waals surface area contributed by atoms with E-state index in [0.717, 1.165) is 19.3 Å². The lowest BCUT2D eigenvalue weighted by Gasteiger charge is -2.27. The zero-order valence-electron chi connectivity index (χ0n) is 10.2. The molecule has 0 saturated heterocycles. The fourth-order valence-electron chi connectivity index (χ4n) is 2.22. The average Bonchev–Trinajstić information content (AvgIpc) is 2.61. The summed E-state index contributed by atoms with van der Waals surface area (Å²) in [5, 5.41) is 5.19. The van der Waals surface area contributed by atoms with Crippen LogP contribution in [-0.4, -0.2) is 11.4 Å². The molecule has 3 heteroatoms. The van der Waals surface area contributed by atoms with Crippen molar-refractivity contribution in [1.82, 2.24) is 5.32 Å². The van der Waals surface area contributed by atoms with E-state index in [9.17, 15) is 4.79 Å². The second-order valence-electron chi connectivity index (χ2n) is 5.48. The summed E-state index contributed by atoms with van der Waals surface area (Å²) >= 11 is 1.78. The van der Waals surface area contributed by atoms with E-state index < -0.39 is 0 Å². The van der Waals surface area contributed by atoms with Crippen molar-refractivity contribution in [3.8, 4) is 0 Å². The second-order valence-corrected chi connectivity index (χ2v) is 6.48. The molecule has 0 saturated carbocycles. The maximum absolute atomic E-state index is 12.2. The van der Waals surface area contributed by atoms with Gasteiger partial charge in [-0.05, 0) is 57.0 Å². The molecule has 1 aliphatic rings. The van der Waals surface area contributed by atoms with Crippen molar-refractivity contribution in [2.24, 2.45) is 0 Å². The van der Waals surface area contributed by atoms with Gasteiger partial charge >= 0.3 is 0 Å². The molecule has 1 aromatic rings. The van der Waals surface area contributed by atoms with Crippen LogP contribution in [0, 0.1) is 0 Å². The highest BCUT2D eigenvalue weighted by atomic mass is 32.1. The Bertz CT molecular complexity index is 389. The average molecular weight is 237 g/mol. The zero-order valence-corrected chi connectivity index (χ0v) is 11.0. The Morgan fingerprint density at radius 1 is 1.50 bits per heavy atom. The number of hydrogen-bond donors (Lipinski definition) is 1. The summed E-state index contributed by atoms with van der Waals surface area (Å²) in [6, 6.07) is 2.12. The van der Waals surface area contributed by atoms with Crippen LogP contribution in [0.4, 0.5) is 0 Å². The quantitative estimate of drug-likeness (QED) is 0.799. The predicted octanol–water partition coefficient (Wildman–Crippen LogP) is 3.08. The number of carbonyl (C=O) groups excluding carboxylic acids is 1. The topological polar surface area (TPSA) is 29.1 Å². The highest BCUT2D eigenvalue weighted by molar-refractivity contribution is 7.10. The Hall–Kier alpha value is -0.830. The lowest BCUT2D eigenvalue weighted by molar-refractivity contribution is -0.124. The molecule has 0 spiro atoms. The summed E-state index contributed by atoms with van der Waals surface area (Å²) in [5.41, 5.74) is 1.13. The number of amides is 1. The maximum Gasteiger partial charge on any atom is 0.227 e. The van der Waals surface area contributed by atoms with E-state index in [2.05, 4.69) is 16.8 Å². The van der Waals surface area contributed by atoms with Crippen LogP contribution in [-0.2, 0) is 11.2 Å². The number of rotatable bonds is 1. The summed E-state index contributed by atoms with van der Waals surface area (Å²) in [5.74, 6) is 0.265. The fourth-order valence-corrected chi connectivity index (χ4v) is 3.20. The molecule has 1 amide bonds. The van der Waals surface area contributed by atoms with Crippen molar-refractivity contribution in [3.05, 3.63) is 21.9 Å². The summed E-state index contributed by atoms with van der Waals surface area (Å²) < 4.78 is 0. The number of nitrogens with one attached hydrogen (secondary N) is 1. The standard InChI is InChI=1S/C13H19NOS/c1-13(2,3)14-12(15)10-5-4-6-11-9(10)7-8-16-11/h7-8,10H,4-6H2,1-3H3,(H,14,15). The van der Waals surface area contributed by atoms with Crippen LogP contribution in [0.3, 0.4) is 0 Å². The van der Waals surface area contributed by atoms with Crippen molar-refractivity contribution >= 4 is 17.2 Å². The van der Waals surface area contributed by atoms with Crippen LogP contribution in [0.25, 0.3) is 0 Å². The van der Waals surface area contributed by atoms with Gasteiger partial charge in [-0.15, -0.1) is 11.3 Å². The van der Waals surface area contributed by atoms with Gasteiger partial charge in [0.05, 0.1) is 5.92 Å². The molecule has 1 aliphatic carbocycles. The molecule has 1 N–H and O–H groups in total. The van der Waals surface area contributed by atoms with Crippen LogP contribution >= 0.6 is 11.3 Å². The Labute approximate surface area is 101 Å². The molecule has 0 fully saturated rings. The second kappa shape index (κ2) is 4.21. The van der Waals surface area contributed by atoms with Gasteiger partial charge in [-0.2, -0.15) is 0 Å². The van der Waals surface area contributed by atoms with Crippen LogP contribution in [0.2, 0.25) is 0 Å². The van der Waals surface area contributed by atoms with Crippen molar-refractivity contribution in [2.45, 2.75) is 51.5 Å². The Morgan fingerprint density at radius 2 is 2.25 bits per heavy atom. The lowest BCUT2D eigenvalue weighted by atomic mass is 9.86. The molecule has 2 rings (SSSR count). The Morgan fingerprint density at radius 3 is 2.94 bits per heavy atom. The molecule has 1 atom stereocenters. The van der Waals surface area contributed by atoms with Gasteiger partial charge in [-0.25, -0.2) is 0 Å². The summed E-state index contributed by atoms with van der Waals surface area (Å²) in [6.07, 6.45) is 3.27. The summed E-state index contributed by atoms with van der Waals surface area (Å²) in [7, 11) is 0. The van der Waals surface area contributed by atoms with E-state index in [4.69, 9.17) is 0 Å². The monoisotopic (exact) mass is 237 g/mol. The lowest BCUT2D eigenvalue weighted by Crippen LogP contribution is -2.43. The minimum absolute atomic E-state index is 0.0780. The van der Waals surface area contributed by atoms with Gasteiger partial charge in [0.15, 0.2) is 0 Å². The highest BCUT2D eigenvalue weighted by Crippen LogP contribution is 2.35. The Kier molecular flexibility index (Phi) is 3.06. The smallest absolute Gasteiger partial charge is 0.227 e. The molecule has 0 aromatic carbocycles.